The highest BCUT2D eigenvalue weighted by Gasteiger charge is 2.35. The van der Waals surface area contributed by atoms with Crippen LogP contribution in [0.15, 0.2) is 80.6 Å². The van der Waals surface area contributed by atoms with Crippen LogP contribution in [0.2, 0.25) is 0 Å². The van der Waals surface area contributed by atoms with E-state index in [1.54, 1.807) is 6.08 Å². The quantitative estimate of drug-likeness (QED) is 0.290. The van der Waals surface area contributed by atoms with Gasteiger partial charge in [0.05, 0.1) is 20.4 Å². The highest BCUT2D eigenvalue weighted by Crippen LogP contribution is 2.38. The van der Waals surface area contributed by atoms with Crippen molar-refractivity contribution in [3.05, 3.63) is 103 Å². The van der Waals surface area contributed by atoms with Crippen molar-refractivity contribution in [3.63, 3.8) is 0 Å². The first-order valence-electron chi connectivity index (χ1n) is 9.87. The molecule has 4 rings (SSSR count). The van der Waals surface area contributed by atoms with Crippen LogP contribution in [0, 0.1) is 6.92 Å². The Bertz CT molecular complexity index is 1170. The number of nitrogens with zero attached hydrogens (tertiary/aromatic N) is 1. The van der Waals surface area contributed by atoms with Gasteiger partial charge in [-0.1, -0.05) is 60.2 Å². The summed E-state index contributed by atoms with van der Waals surface area (Å²) in [5.74, 6) is 0.399. The van der Waals surface area contributed by atoms with Gasteiger partial charge in [-0.15, -0.1) is 0 Å². The lowest BCUT2D eigenvalue weighted by Gasteiger charge is -2.12. The normalized spacial score (nSPS) is 15.0. The Morgan fingerprint density at radius 1 is 0.938 bits per heavy atom. The molecule has 0 atom stereocenters. The molecule has 0 aliphatic carbocycles. The molecule has 0 bridgehead atoms. The summed E-state index contributed by atoms with van der Waals surface area (Å²) >= 11 is 8.08. The van der Waals surface area contributed by atoms with E-state index in [9.17, 15) is 9.59 Å². The van der Waals surface area contributed by atoms with Crippen molar-refractivity contribution in [2.45, 2.75) is 20.1 Å². The van der Waals surface area contributed by atoms with Crippen molar-refractivity contribution in [2.75, 3.05) is 0 Å². The van der Waals surface area contributed by atoms with Gasteiger partial charge in [-0.3, -0.25) is 14.5 Å². The van der Waals surface area contributed by atoms with E-state index in [4.69, 9.17) is 4.74 Å². The number of ether oxygens (including phenoxy) is 1. The van der Waals surface area contributed by atoms with Gasteiger partial charge in [-0.25, -0.2) is 0 Å². The Morgan fingerprint density at radius 3 is 2.25 bits per heavy atom. The number of hydrogen-bond donors (Lipinski definition) is 0. The Morgan fingerprint density at radius 2 is 1.59 bits per heavy atom. The van der Waals surface area contributed by atoms with Gasteiger partial charge in [0.15, 0.2) is 0 Å². The number of thioether (sulfide) groups is 1. The molecule has 2 amide bonds. The average molecular weight is 573 g/mol. The topological polar surface area (TPSA) is 46.6 Å². The molecule has 3 aromatic carbocycles. The summed E-state index contributed by atoms with van der Waals surface area (Å²) in [5, 5.41) is -0.263. The molecule has 1 aliphatic rings. The molecular formula is C25H19Br2NO3S. The van der Waals surface area contributed by atoms with Crippen LogP contribution in [-0.2, 0) is 17.9 Å². The number of imide groups is 1. The van der Waals surface area contributed by atoms with Gasteiger partial charge in [0.25, 0.3) is 11.1 Å². The van der Waals surface area contributed by atoms with Crippen molar-refractivity contribution in [2.24, 2.45) is 0 Å². The third-order valence-electron chi connectivity index (χ3n) is 4.88. The Hall–Kier alpha value is -2.35. The summed E-state index contributed by atoms with van der Waals surface area (Å²) in [5.41, 5.74) is 3.98. The van der Waals surface area contributed by atoms with E-state index in [0.717, 1.165) is 37.4 Å². The van der Waals surface area contributed by atoms with Gasteiger partial charge in [-0.05, 0) is 85.4 Å². The predicted octanol–water partition coefficient (Wildman–Crippen LogP) is 7.34. The molecule has 1 saturated heterocycles. The van der Waals surface area contributed by atoms with E-state index in [-0.39, 0.29) is 17.7 Å². The third-order valence-corrected chi connectivity index (χ3v) is 6.96. The Kier molecular flexibility index (Phi) is 7.18. The highest BCUT2D eigenvalue weighted by molar-refractivity contribution is 9.11. The zero-order chi connectivity index (χ0) is 22.7. The average Bonchev–Trinajstić information content (AvgIpc) is 3.02. The minimum absolute atomic E-state index is 0.263. The zero-order valence-corrected chi connectivity index (χ0v) is 21.2. The fourth-order valence-electron chi connectivity index (χ4n) is 3.19. The molecule has 0 unspecified atom stereocenters. The van der Waals surface area contributed by atoms with Gasteiger partial charge >= 0.3 is 0 Å². The molecule has 0 spiro atoms. The van der Waals surface area contributed by atoms with E-state index in [0.29, 0.717) is 17.3 Å². The monoisotopic (exact) mass is 571 g/mol. The molecule has 4 nitrogen and oxygen atoms in total. The lowest BCUT2D eigenvalue weighted by atomic mass is 10.1. The van der Waals surface area contributed by atoms with E-state index < -0.39 is 0 Å². The fourth-order valence-corrected chi connectivity index (χ4v) is 5.48. The molecule has 162 valence electrons. The number of halogens is 2. The van der Waals surface area contributed by atoms with Crippen molar-refractivity contribution in [3.8, 4) is 5.75 Å². The van der Waals surface area contributed by atoms with E-state index in [1.807, 2.05) is 61.5 Å². The second-order valence-electron chi connectivity index (χ2n) is 7.34. The van der Waals surface area contributed by atoms with E-state index >= 15 is 0 Å². The summed E-state index contributed by atoms with van der Waals surface area (Å²) < 4.78 is 7.51. The molecule has 0 N–H and O–H groups in total. The fraction of sp³-hybridized carbons (Fsp3) is 0.120. The van der Waals surface area contributed by atoms with Crippen LogP contribution < -0.4 is 4.74 Å². The number of hydrogen-bond acceptors (Lipinski definition) is 4. The molecule has 7 heteroatoms. The smallest absolute Gasteiger partial charge is 0.293 e. The zero-order valence-electron chi connectivity index (χ0n) is 17.2. The second-order valence-corrected chi connectivity index (χ2v) is 10.0. The van der Waals surface area contributed by atoms with Crippen molar-refractivity contribution in [1.82, 2.24) is 4.90 Å². The maximum Gasteiger partial charge on any atom is 0.293 e. The first-order valence-corrected chi connectivity index (χ1v) is 12.3. The number of carbonyl (C=O) groups excluding carboxylic acids is 2. The van der Waals surface area contributed by atoms with E-state index in [2.05, 4.69) is 44.0 Å². The first-order chi connectivity index (χ1) is 15.4. The molecule has 32 heavy (non-hydrogen) atoms. The molecule has 0 aromatic heterocycles. The number of rotatable bonds is 6. The third kappa shape index (κ3) is 5.34. The Balaban J connectivity index is 1.49. The molecule has 1 aliphatic heterocycles. The van der Waals surface area contributed by atoms with Crippen LogP contribution in [0.1, 0.15) is 22.3 Å². The lowest BCUT2D eigenvalue weighted by molar-refractivity contribution is -0.123. The summed E-state index contributed by atoms with van der Waals surface area (Å²) in [4.78, 5) is 26.9. The van der Waals surface area contributed by atoms with E-state index in [1.165, 1.54) is 10.5 Å². The molecule has 1 fully saturated rings. The Labute approximate surface area is 207 Å². The van der Waals surface area contributed by atoms with Crippen LogP contribution in [0.4, 0.5) is 4.79 Å². The van der Waals surface area contributed by atoms with Crippen molar-refractivity contribution in [1.29, 1.82) is 0 Å². The minimum atomic E-state index is -0.282. The van der Waals surface area contributed by atoms with Gasteiger partial charge in [0.2, 0.25) is 0 Å². The molecular weight excluding hydrogens is 554 g/mol. The summed E-state index contributed by atoms with van der Waals surface area (Å²) in [6.07, 6.45) is 1.73. The summed E-state index contributed by atoms with van der Waals surface area (Å²) in [6, 6.07) is 21.4. The number of carbonyl (C=O) groups is 2. The van der Waals surface area contributed by atoms with Gasteiger partial charge in [0.1, 0.15) is 12.4 Å². The molecule has 0 saturated carbocycles. The standard InChI is InChI=1S/C25H19Br2NO3S/c1-16-7-9-18(10-8-16)15-31-23-20(26)11-19(12-21(23)27)13-22-24(29)28(25(30)32-22)14-17-5-3-2-4-6-17/h2-13H,14-15H2,1H3/b22-13-. The van der Waals surface area contributed by atoms with Crippen molar-refractivity contribution < 1.29 is 14.3 Å². The maximum atomic E-state index is 12.8. The second kappa shape index (κ2) is 10.1. The SMILES string of the molecule is Cc1ccc(COc2c(Br)cc(/C=C3\SC(=O)N(Cc4ccccc4)C3=O)cc2Br)cc1. The summed E-state index contributed by atoms with van der Waals surface area (Å²) in [7, 11) is 0. The number of benzene rings is 3. The maximum absolute atomic E-state index is 12.8. The number of amides is 2. The first kappa shape index (κ1) is 22.8. The van der Waals surface area contributed by atoms with Crippen LogP contribution in [0.3, 0.4) is 0 Å². The highest BCUT2D eigenvalue weighted by atomic mass is 79.9. The minimum Gasteiger partial charge on any atom is -0.487 e. The van der Waals surface area contributed by atoms with Gasteiger partial charge in [-0.2, -0.15) is 0 Å². The summed E-state index contributed by atoms with van der Waals surface area (Å²) in [6.45, 7) is 2.75. The largest absolute Gasteiger partial charge is 0.487 e. The van der Waals surface area contributed by atoms with Crippen LogP contribution >= 0.6 is 43.6 Å². The van der Waals surface area contributed by atoms with Gasteiger partial charge < -0.3 is 4.74 Å². The van der Waals surface area contributed by atoms with Crippen LogP contribution in [0.5, 0.6) is 5.75 Å². The van der Waals surface area contributed by atoms with Crippen LogP contribution in [-0.4, -0.2) is 16.0 Å². The molecule has 3 aromatic rings. The predicted molar refractivity (Wildman–Crippen MR) is 135 cm³/mol. The van der Waals surface area contributed by atoms with Crippen molar-refractivity contribution >= 4 is 60.8 Å². The molecule has 1 heterocycles. The lowest BCUT2D eigenvalue weighted by Crippen LogP contribution is -2.27. The number of aryl methyl sites for hydroxylation is 1. The van der Waals surface area contributed by atoms with Gasteiger partial charge in [0, 0.05) is 0 Å². The van der Waals surface area contributed by atoms with Crippen LogP contribution in [0.25, 0.3) is 6.08 Å². The molecule has 0 radical (unpaired) electrons.